The molecule has 3 rings (SSSR count). The lowest BCUT2D eigenvalue weighted by atomic mass is 10.1. The molecule has 0 aromatic heterocycles. The van der Waals surface area contributed by atoms with Crippen molar-refractivity contribution in [2.75, 3.05) is 19.8 Å². The lowest BCUT2D eigenvalue weighted by molar-refractivity contribution is -0.132. The van der Waals surface area contributed by atoms with Crippen LogP contribution in [0.4, 0.5) is 0 Å². The summed E-state index contributed by atoms with van der Waals surface area (Å²) in [4.78, 5) is 23.8. The Hall–Kier alpha value is -2.24. The van der Waals surface area contributed by atoms with E-state index in [1.54, 1.807) is 18.2 Å². The summed E-state index contributed by atoms with van der Waals surface area (Å²) in [6.45, 7) is 1.47. The van der Waals surface area contributed by atoms with Gasteiger partial charge in [0.05, 0.1) is 0 Å². The van der Waals surface area contributed by atoms with Crippen LogP contribution >= 0.6 is 0 Å². The zero-order valence-electron chi connectivity index (χ0n) is 10.9. The number of esters is 1. The van der Waals surface area contributed by atoms with Crippen LogP contribution in [0.15, 0.2) is 18.2 Å². The molecule has 1 N–H and O–H groups in total. The van der Waals surface area contributed by atoms with Gasteiger partial charge in [0.15, 0.2) is 17.6 Å². The summed E-state index contributed by atoms with van der Waals surface area (Å²) in [5.74, 6) is 0.111. The van der Waals surface area contributed by atoms with Crippen LogP contribution in [-0.2, 0) is 9.53 Å². The average Bonchev–Trinajstić information content (AvgIpc) is 2.49. The molecule has 1 aromatic rings. The van der Waals surface area contributed by atoms with Crippen LogP contribution < -0.4 is 14.8 Å². The molecule has 1 amide bonds. The zero-order chi connectivity index (χ0) is 13.9. The van der Waals surface area contributed by atoms with Crippen molar-refractivity contribution in [1.82, 2.24) is 5.32 Å². The highest BCUT2D eigenvalue weighted by molar-refractivity contribution is 5.95. The van der Waals surface area contributed by atoms with Gasteiger partial charge in [-0.25, -0.2) is 4.79 Å². The van der Waals surface area contributed by atoms with Gasteiger partial charge in [0.1, 0.15) is 18.8 Å². The van der Waals surface area contributed by atoms with Gasteiger partial charge in [0.25, 0.3) is 5.91 Å². The molecule has 20 heavy (non-hydrogen) atoms. The average molecular weight is 277 g/mol. The summed E-state index contributed by atoms with van der Waals surface area (Å²) in [6.07, 6.45) is 0.622. The quantitative estimate of drug-likeness (QED) is 0.813. The van der Waals surface area contributed by atoms with Crippen LogP contribution in [0.2, 0.25) is 0 Å². The Labute approximate surface area is 116 Å². The Morgan fingerprint density at radius 1 is 1.30 bits per heavy atom. The second-order valence-electron chi connectivity index (χ2n) is 4.66. The number of carbonyl (C=O) groups is 2. The van der Waals surface area contributed by atoms with E-state index < -0.39 is 12.1 Å². The predicted molar refractivity (Wildman–Crippen MR) is 68.9 cm³/mol. The van der Waals surface area contributed by atoms with Gasteiger partial charge in [-0.2, -0.15) is 0 Å². The summed E-state index contributed by atoms with van der Waals surface area (Å²) < 4.78 is 16.1. The highest BCUT2D eigenvalue weighted by Gasteiger charge is 2.28. The molecular formula is C14H15NO5. The molecule has 6 nitrogen and oxygen atoms in total. The third kappa shape index (κ3) is 2.41. The summed E-state index contributed by atoms with van der Waals surface area (Å²) >= 11 is 0. The summed E-state index contributed by atoms with van der Waals surface area (Å²) in [5.41, 5.74) is 0.292. The first-order valence-corrected chi connectivity index (χ1v) is 6.63. The third-order valence-corrected chi connectivity index (χ3v) is 3.27. The van der Waals surface area contributed by atoms with E-state index in [9.17, 15) is 9.59 Å². The summed E-state index contributed by atoms with van der Waals surface area (Å²) in [6, 6.07) is 5.04. The molecule has 0 unspecified atom stereocenters. The Bertz CT molecular complexity index is 542. The van der Waals surface area contributed by atoms with Gasteiger partial charge in [-0.3, -0.25) is 4.79 Å². The molecule has 1 aromatic carbocycles. The van der Waals surface area contributed by atoms with Crippen LogP contribution in [0.5, 0.6) is 11.5 Å². The van der Waals surface area contributed by atoms with Crippen molar-refractivity contribution in [3.8, 4) is 11.5 Å². The second-order valence-corrected chi connectivity index (χ2v) is 4.66. The van der Waals surface area contributed by atoms with Crippen molar-refractivity contribution in [3.63, 3.8) is 0 Å². The number of benzene rings is 1. The minimum absolute atomic E-state index is 0.244. The van der Waals surface area contributed by atoms with E-state index >= 15 is 0 Å². The maximum atomic E-state index is 12.2. The largest absolute Gasteiger partial charge is 0.486 e. The highest BCUT2D eigenvalue weighted by Crippen LogP contribution is 2.34. The number of fused-ring (bicyclic) bond motifs is 1. The number of amides is 1. The van der Waals surface area contributed by atoms with Gasteiger partial charge in [-0.1, -0.05) is 6.07 Å². The molecule has 0 radical (unpaired) electrons. The van der Waals surface area contributed by atoms with Crippen molar-refractivity contribution in [2.24, 2.45) is 0 Å². The zero-order valence-corrected chi connectivity index (χ0v) is 10.9. The van der Waals surface area contributed by atoms with Crippen molar-refractivity contribution in [3.05, 3.63) is 23.8 Å². The first-order chi connectivity index (χ1) is 9.75. The molecule has 1 atom stereocenters. The van der Waals surface area contributed by atoms with E-state index in [4.69, 9.17) is 14.2 Å². The van der Waals surface area contributed by atoms with E-state index in [0.29, 0.717) is 43.2 Å². The molecular weight excluding hydrogens is 262 g/mol. The molecule has 2 aliphatic heterocycles. The minimum atomic E-state index is -0.725. The maximum absolute atomic E-state index is 12.2. The van der Waals surface area contributed by atoms with E-state index in [1.165, 1.54) is 0 Å². The number of para-hydroxylation sites is 1. The van der Waals surface area contributed by atoms with Crippen molar-refractivity contribution >= 4 is 11.9 Å². The van der Waals surface area contributed by atoms with Gasteiger partial charge < -0.3 is 19.5 Å². The molecule has 2 aliphatic rings. The van der Waals surface area contributed by atoms with Crippen LogP contribution in [0.1, 0.15) is 23.2 Å². The van der Waals surface area contributed by atoms with Gasteiger partial charge in [-0.05, 0) is 25.0 Å². The standard InChI is InChI=1S/C14H15NO5/c16-13-11(5-2-6-15-13)20-14(17)9-3-1-4-10-12(9)19-8-7-18-10/h1,3-4,11H,2,5-8H2,(H,15,16)/t11-/m1/s1. The van der Waals surface area contributed by atoms with E-state index in [0.717, 1.165) is 6.42 Å². The van der Waals surface area contributed by atoms with Gasteiger partial charge in [0, 0.05) is 6.54 Å². The Morgan fingerprint density at radius 3 is 3.00 bits per heavy atom. The Balaban J connectivity index is 1.78. The fourth-order valence-electron chi connectivity index (χ4n) is 2.28. The molecule has 0 saturated carbocycles. The van der Waals surface area contributed by atoms with Crippen LogP contribution in [-0.4, -0.2) is 37.7 Å². The lowest BCUT2D eigenvalue weighted by Crippen LogP contribution is -2.42. The fraction of sp³-hybridized carbons (Fsp3) is 0.429. The number of piperidine rings is 1. The molecule has 106 valence electrons. The van der Waals surface area contributed by atoms with Crippen molar-refractivity contribution in [2.45, 2.75) is 18.9 Å². The number of carbonyl (C=O) groups excluding carboxylic acids is 2. The van der Waals surface area contributed by atoms with Gasteiger partial charge in [0.2, 0.25) is 0 Å². The smallest absolute Gasteiger partial charge is 0.342 e. The summed E-state index contributed by atoms with van der Waals surface area (Å²) in [5, 5.41) is 2.68. The van der Waals surface area contributed by atoms with Gasteiger partial charge in [-0.15, -0.1) is 0 Å². The van der Waals surface area contributed by atoms with E-state index in [2.05, 4.69) is 5.32 Å². The Kier molecular flexibility index (Phi) is 3.45. The molecule has 6 heteroatoms. The molecule has 0 bridgehead atoms. The number of hydrogen-bond acceptors (Lipinski definition) is 5. The Morgan fingerprint density at radius 2 is 2.15 bits per heavy atom. The number of nitrogens with one attached hydrogen (secondary N) is 1. The van der Waals surface area contributed by atoms with Crippen LogP contribution in [0.25, 0.3) is 0 Å². The molecule has 2 heterocycles. The van der Waals surface area contributed by atoms with Crippen LogP contribution in [0.3, 0.4) is 0 Å². The molecule has 0 spiro atoms. The molecule has 1 saturated heterocycles. The van der Waals surface area contributed by atoms with Crippen LogP contribution in [0, 0.1) is 0 Å². The topological polar surface area (TPSA) is 73.9 Å². The van der Waals surface area contributed by atoms with Gasteiger partial charge >= 0.3 is 5.97 Å². The normalized spacial score (nSPS) is 21.0. The number of rotatable bonds is 2. The fourth-order valence-corrected chi connectivity index (χ4v) is 2.28. The molecule has 1 fully saturated rings. The SMILES string of the molecule is O=C(O[C@@H]1CCCNC1=O)c1cccc2c1OCCO2. The first-order valence-electron chi connectivity index (χ1n) is 6.63. The van der Waals surface area contributed by atoms with Crippen molar-refractivity contribution < 1.29 is 23.8 Å². The minimum Gasteiger partial charge on any atom is -0.486 e. The number of hydrogen-bond donors (Lipinski definition) is 1. The highest BCUT2D eigenvalue weighted by atomic mass is 16.6. The predicted octanol–water partition coefficient (Wildman–Crippen LogP) is 0.893. The van der Waals surface area contributed by atoms with E-state index in [-0.39, 0.29) is 5.91 Å². The van der Waals surface area contributed by atoms with Crippen molar-refractivity contribution in [1.29, 1.82) is 0 Å². The second kappa shape index (κ2) is 5.40. The maximum Gasteiger partial charge on any atom is 0.342 e. The van der Waals surface area contributed by atoms with E-state index in [1.807, 2.05) is 0 Å². The molecule has 0 aliphatic carbocycles. The first kappa shape index (κ1) is 12.8. The monoisotopic (exact) mass is 277 g/mol. The third-order valence-electron chi connectivity index (χ3n) is 3.27. The number of ether oxygens (including phenoxy) is 3. The lowest BCUT2D eigenvalue weighted by Gasteiger charge is -2.23. The summed E-state index contributed by atoms with van der Waals surface area (Å²) in [7, 11) is 0.